The first-order valence-corrected chi connectivity index (χ1v) is 6.70. The molecule has 0 aromatic heterocycles. The summed E-state index contributed by atoms with van der Waals surface area (Å²) in [6.07, 6.45) is 0.715. The number of halogens is 2. The van der Waals surface area contributed by atoms with Gasteiger partial charge in [-0.3, -0.25) is 5.41 Å². The van der Waals surface area contributed by atoms with Gasteiger partial charge in [0, 0.05) is 23.1 Å². The van der Waals surface area contributed by atoms with Crippen molar-refractivity contribution in [3.63, 3.8) is 0 Å². The first kappa shape index (κ1) is 14.3. The van der Waals surface area contributed by atoms with Crippen LogP contribution in [0.3, 0.4) is 0 Å². The Labute approximate surface area is 131 Å². The second kappa shape index (κ2) is 5.88. The maximum atomic E-state index is 8.18. The minimum absolute atomic E-state index is 0. The molecule has 1 N–H and O–H groups in total. The molecule has 3 rings (SSSR count). The van der Waals surface area contributed by atoms with Crippen molar-refractivity contribution in [1.29, 1.82) is 5.41 Å². The molecule has 1 heterocycles. The largest absolute Gasteiger partial charge is 0.326 e. The lowest BCUT2D eigenvalue weighted by Crippen LogP contribution is -2.35. The number of nitrogens with one attached hydrogen (secondary N) is 1. The smallest absolute Gasteiger partial charge is 0.105 e. The second-order valence-corrected chi connectivity index (χ2v) is 5.37. The number of hydrogen-bond acceptors (Lipinski definition) is 1. The molecule has 0 unspecified atom stereocenters. The molecule has 0 bridgehead atoms. The summed E-state index contributed by atoms with van der Waals surface area (Å²) >= 11 is 3.44. The molecule has 4 heteroatoms. The molecule has 2 aromatic rings. The van der Waals surface area contributed by atoms with Gasteiger partial charge in [-0.15, -0.1) is 17.0 Å². The fourth-order valence-corrected chi connectivity index (χ4v) is 2.56. The maximum Gasteiger partial charge on any atom is 0.105 e. The van der Waals surface area contributed by atoms with Crippen LogP contribution in [-0.4, -0.2) is 5.84 Å². The van der Waals surface area contributed by atoms with Crippen LogP contribution >= 0.6 is 32.9 Å². The zero-order chi connectivity index (χ0) is 12.5. The molecule has 0 saturated carbocycles. The molecule has 0 spiro atoms. The van der Waals surface area contributed by atoms with E-state index in [0.717, 1.165) is 16.7 Å². The Morgan fingerprint density at radius 2 is 1.58 bits per heavy atom. The van der Waals surface area contributed by atoms with E-state index >= 15 is 0 Å². The standard InChI is InChI=1S/C15H13BrN2.BrH/c16-13-5-7-14(8-6-13)18-10-12-4-2-1-3-11(12)9-15(18)17;/h1-8,17H,9-10H2;1H. The van der Waals surface area contributed by atoms with Gasteiger partial charge < -0.3 is 4.90 Å². The van der Waals surface area contributed by atoms with E-state index in [1.54, 1.807) is 0 Å². The van der Waals surface area contributed by atoms with Crippen molar-refractivity contribution < 1.29 is 0 Å². The van der Waals surface area contributed by atoms with Gasteiger partial charge in [0.05, 0.1) is 0 Å². The average Bonchev–Trinajstić information content (AvgIpc) is 2.39. The fraction of sp³-hybridized carbons (Fsp3) is 0.133. The minimum atomic E-state index is 0. The van der Waals surface area contributed by atoms with Crippen LogP contribution in [0.5, 0.6) is 0 Å². The van der Waals surface area contributed by atoms with Crippen molar-refractivity contribution in [2.75, 3.05) is 4.90 Å². The van der Waals surface area contributed by atoms with Crippen LogP contribution in [0.2, 0.25) is 0 Å². The normalized spacial score (nSPS) is 13.7. The third-order valence-corrected chi connectivity index (χ3v) is 3.80. The Balaban J connectivity index is 0.00000133. The van der Waals surface area contributed by atoms with E-state index in [4.69, 9.17) is 5.41 Å². The molecule has 2 aromatic carbocycles. The van der Waals surface area contributed by atoms with E-state index in [2.05, 4.69) is 39.0 Å². The number of fused-ring (bicyclic) bond motifs is 1. The highest BCUT2D eigenvalue weighted by Crippen LogP contribution is 2.26. The van der Waals surface area contributed by atoms with Gasteiger partial charge in [0.25, 0.3) is 0 Å². The Morgan fingerprint density at radius 3 is 2.26 bits per heavy atom. The first-order chi connectivity index (χ1) is 8.74. The van der Waals surface area contributed by atoms with E-state index in [9.17, 15) is 0 Å². The van der Waals surface area contributed by atoms with Crippen molar-refractivity contribution >= 4 is 44.4 Å². The number of anilines is 1. The molecule has 0 aliphatic carbocycles. The van der Waals surface area contributed by atoms with Gasteiger partial charge in [0.2, 0.25) is 0 Å². The highest BCUT2D eigenvalue weighted by molar-refractivity contribution is 9.10. The molecule has 0 saturated heterocycles. The lowest BCUT2D eigenvalue weighted by molar-refractivity contribution is 0.916. The molecule has 98 valence electrons. The molecular formula is C15H14Br2N2. The predicted molar refractivity (Wildman–Crippen MR) is 88.5 cm³/mol. The summed E-state index contributed by atoms with van der Waals surface area (Å²) in [5, 5.41) is 8.18. The highest BCUT2D eigenvalue weighted by atomic mass is 79.9. The molecule has 0 radical (unpaired) electrons. The van der Waals surface area contributed by atoms with Gasteiger partial charge in [-0.1, -0.05) is 40.2 Å². The zero-order valence-electron chi connectivity index (χ0n) is 10.3. The van der Waals surface area contributed by atoms with Crippen LogP contribution in [-0.2, 0) is 13.0 Å². The summed E-state index contributed by atoms with van der Waals surface area (Å²) < 4.78 is 1.06. The van der Waals surface area contributed by atoms with Crippen LogP contribution in [0.1, 0.15) is 11.1 Å². The number of nitrogens with zero attached hydrogens (tertiary/aromatic N) is 1. The van der Waals surface area contributed by atoms with Crippen molar-refractivity contribution in [3.05, 3.63) is 64.1 Å². The van der Waals surface area contributed by atoms with E-state index in [1.165, 1.54) is 11.1 Å². The lowest BCUT2D eigenvalue weighted by Gasteiger charge is -2.31. The summed E-state index contributed by atoms with van der Waals surface area (Å²) in [4.78, 5) is 2.06. The van der Waals surface area contributed by atoms with Gasteiger partial charge >= 0.3 is 0 Å². The molecule has 1 aliphatic rings. The van der Waals surface area contributed by atoms with Gasteiger partial charge in [0.15, 0.2) is 0 Å². The van der Waals surface area contributed by atoms with Crippen molar-refractivity contribution in [3.8, 4) is 0 Å². The van der Waals surface area contributed by atoms with E-state index in [1.807, 2.05) is 30.3 Å². The van der Waals surface area contributed by atoms with Crippen LogP contribution in [0.4, 0.5) is 5.69 Å². The third kappa shape index (κ3) is 2.90. The second-order valence-electron chi connectivity index (χ2n) is 4.45. The summed E-state index contributed by atoms with van der Waals surface area (Å²) in [7, 11) is 0. The van der Waals surface area contributed by atoms with Crippen LogP contribution in [0.15, 0.2) is 53.0 Å². The number of rotatable bonds is 1. The third-order valence-electron chi connectivity index (χ3n) is 3.27. The molecule has 2 nitrogen and oxygen atoms in total. The minimum Gasteiger partial charge on any atom is -0.326 e. The summed E-state index contributed by atoms with van der Waals surface area (Å²) in [5.41, 5.74) is 3.67. The van der Waals surface area contributed by atoms with Gasteiger partial charge in [0.1, 0.15) is 5.84 Å². The Bertz CT molecular complexity index is 593. The van der Waals surface area contributed by atoms with Crippen LogP contribution < -0.4 is 4.90 Å². The monoisotopic (exact) mass is 380 g/mol. The highest BCUT2D eigenvalue weighted by Gasteiger charge is 2.20. The topological polar surface area (TPSA) is 27.1 Å². The lowest BCUT2D eigenvalue weighted by atomic mass is 9.98. The summed E-state index contributed by atoms with van der Waals surface area (Å²) in [6.45, 7) is 0.788. The molecule has 1 aliphatic heterocycles. The zero-order valence-corrected chi connectivity index (χ0v) is 13.6. The van der Waals surface area contributed by atoms with Gasteiger partial charge in [-0.05, 0) is 35.4 Å². The van der Waals surface area contributed by atoms with Crippen molar-refractivity contribution in [2.45, 2.75) is 13.0 Å². The number of amidine groups is 1. The Hall–Kier alpha value is -1.13. The van der Waals surface area contributed by atoms with Gasteiger partial charge in [-0.25, -0.2) is 0 Å². The van der Waals surface area contributed by atoms with Crippen molar-refractivity contribution in [2.24, 2.45) is 0 Å². The molecule has 0 atom stereocenters. The SMILES string of the molecule is Br.N=C1Cc2ccccc2CN1c1ccc(Br)cc1. The molecule has 0 fully saturated rings. The van der Waals surface area contributed by atoms with Crippen LogP contribution in [0, 0.1) is 5.41 Å². The quantitative estimate of drug-likeness (QED) is 0.769. The Morgan fingerprint density at radius 1 is 0.947 bits per heavy atom. The number of hydrogen-bond donors (Lipinski definition) is 1. The molecule has 0 amide bonds. The molecule has 19 heavy (non-hydrogen) atoms. The first-order valence-electron chi connectivity index (χ1n) is 5.91. The number of benzene rings is 2. The average molecular weight is 382 g/mol. The van der Waals surface area contributed by atoms with Gasteiger partial charge in [-0.2, -0.15) is 0 Å². The van der Waals surface area contributed by atoms with Crippen molar-refractivity contribution in [1.82, 2.24) is 0 Å². The van der Waals surface area contributed by atoms with E-state index in [0.29, 0.717) is 12.3 Å². The van der Waals surface area contributed by atoms with Crippen LogP contribution in [0.25, 0.3) is 0 Å². The fourth-order valence-electron chi connectivity index (χ4n) is 2.29. The van der Waals surface area contributed by atoms with E-state index < -0.39 is 0 Å². The Kier molecular flexibility index (Phi) is 4.42. The summed E-state index contributed by atoms with van der Waals surface area (Å²) in [6, 6.07) is 16.5. The molecular weight excluding hydrogens is 368 g/mol. The predicted octanol–water partition coefficient (Wildman–Crippen LogP) is 4.57. The van der Waals surface area contributed by atoms with E-state index in [-0.39, 0.29) is 17.0 Å². The maximum absolute atomic E-state index is 8.18. The summed E-state index contributed by atoms with van der Waals surface area (Å²) in [5.74, 6) is 0.663.